The predicted molar refractivity (Wildman–Crippen MR) is 127 cm³/mol. The molecule has 2 aromatic rings. The highest BCUT2D eigenvalue weighted by atomic mass is 16.2. The molecule has 9 nitrogen and oxygen atoms in total. The third-order valence-corrected chi connectivity index (χ3v) is 7.37. The molecule has 1 saturated carbocycles. The fourth-order valence-corrected chi connectivity index (χ4v) is 5.50. The molecule has 1 aliphatic carbocycles. The first-order chi connectivity index (χ1) is 15.9. The molecule has 5 rings (SSSR count). The average Bonchev–Trinajstić information content (AvgIpc) is 3.34. The van der Waals surface area contributed by atoms with Gasteiger partial charge in [-0.05, 0) is 74.4 Å². The number of rotatable bonds is 4. The number of urea groups is 1. The third-order valence-electron chi connectivity index (χ3n) is 7.37. The van der Waals surface area contributed by atoms with Gasteiger partial charge >= 0.3 is 11.7 Å². The number of fused-ring (bicyclic) bond motifs is 1. The van der Waals surface area contributed by atoms with Gasteiger partial charge in [-0.1, -0.05) is 12.1 Å². The van der Waals surface area contributed by atoms with E-state index in [1.165, 1.54) is 10.1 Å². The van der Waals surface area contributed by atoms with E-state index >= 15 is 0 Å². The molecule has 1 unspecified atom stereocenters. The van der Waals surface area contributed by atoms with Crippen LogP contribution in [0.2, 0.25) is 0 Å². The first-order valence-corrected chi connectivity index (χ1v) is 11.9. The quantitative estimate of drug-likeness (QED) is 0.645. The van der Waals surface area contributed by atoms with E-state index in [1.807, 2.05) is 29.2 Å². The standard InChI is InChI=1S/C24H33N7O2/c25-19-5-8-29(9-6-19)13-16-1-3-21(4-2-16)31-10-7-22(28-24(31)33)27-23(32)30-14-17-11-20(26)12-18(17)15-30/h1-4,7,10,17-20H,5-6,8-9,11-15,25-26H2,(H,27,28,32,33)/t17-,18+,20?. The molecule has 1 aromatic carbocycles. The molecule has 9 heteroatoms. The van der Waals surface area contributed by atoms with Gasteiger partial charge in [-0.25, -0.2) is 9.59 Å². The van der Waals surface area contributed by atoms with E-state index in [-0.39, 0.29) is 17.9 Å². The zero-order valence-corrected chi connectivity index (χ0v) is 18.9. The van der Waals surface area contributed by atoms with Gasteiger partial charge in [0.05, 0.1) is 5.69 Å². The maximum absolute atomic E-state index is 12.6. The summed E-state index contributed by atoms with van der Waals surface area (Å²) in [7, 11) is 0. The van der Waals surface area contributed by atoms with Crippen molar-refractivity contribution in [1.29, 1.82) is 0 Å². The molecule has 0 radical (unpaired) electrons. The van der Waals surface area contributed by atoms with Crippen molar-refractivity contribution in [2.45, 2.75) is 44.3 Å². The Kier molecular flexibility index (Phi) is 6.18. The smallest absolute Gasteiger partial charge is 0.328 e. The van der Waals surface area contributed by atoms with Gasteiger partial charge in [0, 0.05) is 37.9 Å². The number of carbonyl (C=O) groups is 1. The zero-order chi connectivity index (χ0) is 22.9. The molecule has 3 atom stereocenters. The van der Waals surface area contributed by atoms with Gasteiger partial charge < -0.3 is 16.4 Å². The van der Waals surface area contributed by atoms with Crippen molar-refractivity contribution in [3.05, 3.63) is 52.6 Å². The molecule has 176 valence electrons. The number of nitrogens with zero attached hydrogens (tertiary/aromatic N) is 4. The Labute approximate surface area is 193 Å². The van der Waals surface area contributed by atoms with Crippen molar-refractivity contribution in [2.75, 3.05) is 31.5 Å². The number of hydrogen-bond donors (Lipinski definition) is 3. The van der Waals surface area contributed by atoms with Gasteiger partial charge in [0.2, 0.25) is 0 Å². The highest BCUT2D eigenvalue weighted by Gasteiger charge is 2.41. The number of benzene rings is 1. The van der Waals surface area contributed by atoms with Crippen LogP contribution in [0.25, 0.3) is 5.69 Å². The number of aromatic nitrogens is 2. The second-order valence-corrected chi connectivity index (χ2v) is 9.83. The lowest BCUT2D eigenvalue weighted by molar-refractivity contribution is 0.205. The second kappa shape index (κ2) is 9.24. The summed E-state index contributed by atoms with van der Waals surface area (Å²) in [5.41, 5.74) is 13.5. The maximum Gasteiger partial charge on any atom is 0.354 e. The first-order valence-electron chi connectivity index (χ1n) is 11.9. The van der Waals surface area contributed by atoms with Crippen LogP contribution >= 0.6 is 0 Å². The summed E-state index contributed by atoms with van der Waals surface area (Å²) in [5.74, 6) is 1.25. The van der Waals surface area contributed by atoms with Crippen molar-refractivity contribution in [2.24, 2.45) is 23.3 Å². The van der Waals surface area contributed by atoms with E-state index in [9.17, 15) is 9.59 Å². The Morgan fingerprint density at radius 3 is 2.30 bits per heavy atom. The zero-order valence-electron chi connectivity index (χ0n) is 18.9. The average molecular weight is 452 g/mol. The van der Waals surface area contributed by atoms with E-state index in [0.29, 0.717) is 17.9 Å². The SMILES string of the molecule is NC1CCN(Cc2ccc(-n3ccc(NC(=O)N4C[C@H]5CC(N)C[C@H]5C4)nc3=O)cc2)CC1. The molecule has 2 amide bonds. The van der Waals surface area contributed by atoms with E-state index in [0.717, 1.165) is 64.1 Å². The summed E-state index contributed by atoms with van der Waals surface area (Å²) in [5, 5.41) is 2.78. The Hall–Kier alpha value is -2.75. The lowest BCUT2D eigenvalue weighted by Crippen LogP contribution is -2.39. The van der Waals surface area contributed by atoms with Gasteiger partial charge in [-0.3, -0.25) is 14.8 Å². The van der Waals surface area contributed by atoms with Crippen LogP contribution in [0.5, 0.6) is 0 Å². The number of nitrogens with two attached hydrogens (primary N) is 2. The van der Waals surface area contributed by atoms with Crippen LogP contribution in [0.3, 0.4) is 0 Å². The third kappa shape index (κ3) is 4.95. The molecule has 3 aliphatic rings. The van der Waals surface area contributed by atoms with Crippen molar-refractivity contribution in [3.63, 3.8) is 0 Å². The van der Waals surface area contributed by atoms with Gasteiger partial charge in [0.1, 0.15) is 5.82 Å². The minimum atomic E-state index is -0.421. The molecule has 1 aromatic heterocycles. The molecular weight excluding hydrogens is 418 g/mol. The Bertz CT molecular complexity index is 1030. The molecule has 33 heavy (non-hydrogen) atoms. The molecule has 0 spiro atoms. The summed E-state index contributed by atoms with van der Waals surface area (Å²) in [6, 6.07) is 9.99. The molecular formula is C24H33N7O2. The van der Waals surface area contributed by atoms with Crippen LogP contribution in [0.15, 0.2) is 41.3 Å². The fraction of sp³-hybridized carbons (Fsp3) is 0.542. The number of carbonyl (C=O) groups excluding carboxylic acids is 1. The van der Waals surface area contributed by atoms with Crippen molar-refractivity contribution in [1.82, 2.24) is 19.4 Å². The lowest BCUT2D eigenvalue weighted by Gasteiger charge is -2.30. The topological polar surface area (TPSA) is 123 Å². The van der Waals surface area contributed by atoms with Gasteiger partial charge in [0.25, 0.3) is 0 Å². The minimum Gasteiger partial charge on any atom is -0.328 e. The Balaban J connectivity index is 1.19. The second-order valence-electron chi connectivity index (χ2n) is 9.83. The lowest BCUT2D eigenvalue weighted by atomic mass is 10.0. The largest absolute Gasteiger partial charge is 0.354 e. The van der Waals surface area contributed by atoms with Crippen LogP contribution in [0.4, 0.5) is 10.6 Å². The van der Waals surface area contributed by atoms with Crippen LogP contribution in [0.1, 0.15) is 31.2 Å². The maximum atomic E-state index is 12.6. The number of amides is 2. The number of likely N-dealkylation sites (tertiary alicyclic amines) is 2. The monoisotopic (exact) mass is 451 g/mol. The van der Waals surface area contributed by atoms with E-state index in [4.69, 9.17) is 11.5 Å². The van der Waals surface area contributed by atoms with Crippen LogP contribution < -0.4 is 22.5 Å². The molecule has 0 bridgehead atoms. The summed E-state index contributed by atoms with van der Waals surface area (Å²) >= 11 is 0. The summed E-state index contributed by atoms with van der Waals surface area (Å²) in [4.78, 5) is 33.6. The molecule has 3 heterocycles. The molecule has 5 N–H and O–H groups in total. The van der Waals surface area contributed by atoms with Gasteiger partial charge in [-0.2, -0.15) is 4.98 Å². The minimum absolute atomic E-state index is 0.203. The van der Waals surface area contributed by atoms with E-state index in [1.54, 1.807) is 12.3 Å². The summed E-state index contributed by atoms with van der Waals surface area (Å²) < 4.78 is 1.49. The normalized spacial score (nSPS) is 25.9. The van der Waals surface area contributed by atoms with E-state index < -0.39 is 5.69 Å². The predicted octanol–water partition coefficient (Wildman–Crippen LogP) is 1.36. The van der Waals surface area contributed by atoms with Crippen molar-refractivity contribution < 1.29 is 4.79 Å². The Morgan fingerprint density at radius 2 is 1.67 bits per heavy atom. The number of hydrogen-bond acceptors (Lipinski definition) is 6. The highest BCUT2D eigenvalue weighted by molar-refractivity contribution is 5.88. The van der Waals surface area contributed by atoms with Crippen LogP contribution in [0, 0.1) is 11.8 Å². The van der Waals surface area contributed by atoms with Crippen molar-refractivity contribution >= 4 is 11.8 Å². The summed E-state index contributed by atoms with van der Waals surface area (Å²) in [6.45, 7) is 4.36. The number of piperidine rings is 1. The summed E-state index contributed by atoms with van der Waals surface area (Å²) in [6.07, 6.45) is 5.69. The van der Waals surface area contributed by atoms with Crippen LogP contribution in [-0.2, 0) is 6.54 Å². The van der Waals surface area contributed by atoms with E-state index in [2.05, 4.69) is 15.2 Å². The molecule has 2 aliphatic heterocycles. The van der Waals surface area contributed by atoms with Gasteiger partial charge in [-0.15, -0.1) is 0 Å². The fourth-order valence-electron chi connectivity index (χ4n) is 5.50. The van der Waals surface area contributed by atoms with Crippen LogP contribution in [-0.4, -0.2) is 63.6 Å². The number of anilines is 1. The highest BCUT2D eigenvalue weighted by Crippen LogP contribution is 2.37. The first kappa shape index (κ1) is 22.1. The molecule has 2 saturated heterocycles. The Morgan fingerprint density at radius 1 is 1.00 bits per heavy atom. The number of nitrogens with one attached hydrogen (secondary N) is 1. The van der Waals surface area contributed by atoms with Gasteiger partial charge in [0.15, 0.2) is 0 Å². The van der Waals surface area contributed by atoms with Crippen molar-refractivity contribution in [3.8, 4) is 5.69 Å². The molecule has 3 fully saturated rings.